The van der Waals surface area contributed by atoms with Crippen LogP contribution in [0.5, 0.6) is 0 Å². The molecule has 0 amide bonds. The molecule has 26 heavy (non-hydrogen) atoms. The molecule has 3 heterocycles. The molecule has 0 saturated carbocycles. The van der Waals surface area contributed by atoms with E-state index < -0.39 is 0 Å². The third-order valence-corrected chi connectivity index (χ3v) is 4.02. The summed E-state index contributed by atoms with van der Waals surface area (Å²) in [6.07, 6.45) is 5.64. The molecule has 1 atom stereocenters. The normalized spacial score (nSPS) is 16.7. The summed E-state index contributed by atoms with van der Waals surface area (Å²) in [4.78, 5) is 9.15. The van der Waals surface area contributed by atoms with Gasteiger partial charge in [-0.2, -0.15) is 10.2 Å². The Bertz CT molecular complexity index is 684. The first-order valence-corrected chi connectivity index (χ1v) is 8.72. The highest BCUT2D eigenvalue weighted by molar-refractivity contribution is 14.0. The molecule has 10 heteroatoms. The number of nitrogens with zero attached hydrogens (tertiary/aromatic N) is 6. The first-order valence-electron chi connectivity index (χ1n) is 8.72. The van der Waals surface area contributed by atoms with E-state index in [1.165, 1.54) is 0 Å². The summed E-state index contributed by atoms with van der Waals surface area (Å²) < 4.78 is 8.97. The van der Waals surface area contributed by atoms with Crippen LogP contribution in [0.1, 0.15) is 25.0 Å². The Morgan fingerprint density at radius 2 is 2.35 bits per heavy atom. The van der Waals surface area contributed by atoms with E-state index in [1.54, 1.807) is 13.3 Å². The number of ether oxygens (including phenoxy) is 1. The van der Waals surface area contributed by atoms with Crippen molar-refractivity contribution in [1.29, 1.82) is 0 Å². The van der Waals surface area contributed by atoms with Crippen LogP contribution in [0.3, 0.4) is 0 Å². The molecule has 2 aromatic heterocycles. The quantitative estimate of drug-likeness (QED) is 0.351. The summed E-state index contributed by atoms with van der Waals surface area (Å²) in [6.45, 7) is 5.58. The van der Waals surface area contributed by atoms with Gasteiger partial charge in [0.05, 0.1) is 19.6 Å². The van der Waals surface area contributed by atoms with Gasteiger partial charge in [0.2, 0.25) is 0 Å². The van der Waals surface area contributed by atoms with Crippen LogP contribution in [0.25, 0.3) is 0 Å². The minimum atomic E-state index is 0. The van der Waals surface area contributed by atoms with Crippen molar-refractivity contribution in [2.45, 2.75) is 45.5 Å². The first-order chi connectivity index (χ1) is 12.3. The topological polar surface area (TPSA) is 94.2 Å². The van der Waals surface area contributed by atoms with Gasteiger partial charge in [0.15, 0.2) is 11.8 Å². The largest absolute Gasteiger partial charge is 0.377 e. The molecular weight excluding hydrogens is 447 g/mol. The Balaban J connectivity index is 0.00000243. The molecule has 0 aliphatic carbocycles. The molecule has 0 spiro atoms. The molecule has 0 radical (unpaired) electrons. The zero-order chi connectivity index (χ0) is 17.5. The summed E-state index contributed by atoms with van der Waals surface area (Å²) >= 11 is 0. The fraction of sp³-hybridized carbons (Fsp3) is 0.625. The van der Waals surface area contributed by atoms with Crippen molar-refractivity contribution < 1.29 is 4.74 Å². The van der Waals surface area contributed by atoms with E-state index in [2.05, 4.69) is 37.7 Å². The number of hydrogen-bond donors (Lipinski definition) is 2. The maximum absolute atomic E-state index is 5.11. The first kappa shape index (κ1) is 20.6. The van der Waals surface area contributed by atoms with Crippen LogP contribution < -0.4 is 10.6 Å². The molecule has 0 saturated heterocycles. The number of aliphatic imine (C=N–C) groups is 1. The second-order valence-corrected chi connectivity index (χ2v) is 5.97. The third-order valence-electron chi connectivity index (χ3n) is 4.02. The fourth-order valence-electron chi connectivity index (χ4n) is 2.88. The standard InChI is InChI=1S/C16H26N8O.HI/c1-3-17-16(18-8-10-23-9-4-7-19-23)20-13-5-6-15-21-14(12-25-2)22-24(15)11-13;/h4,7,9,13H,3,5-6,8,10-12H2,1-2H3,(H2,17,18,20);1H. The number of aromatic nitrogens is 5. The Morgan fingerprint density at radius 3 is 3.08 bits per heavy atom. The van der Waals surface area contributed by atoms with E-state index in [4.69, 9.17) is 4.74 Å². The van der Waals surface area contributed by atoms with Gasteiger partial charge in [-0.25, -0.2) is 9.67 Å². The number of methoxy groups -OCH3 is 1. The molecule has 1 aliphatic rings. The van der Waals surface area contributed by atoms with Gasteiger partial charge < -0.3 is 15.4 Å². The van der Waals surface area contributed by atoms with Crippen LogP contribution in [-0.2, 0) is 30.9 Å². The Hall–Kier alpha value is -1.69. The number of guanidine groups is 1. The smallest absolute Gasteiger partial charge is 0.191 e. The van der Waals surface area contributed by atoms with E-state index in [-0.39, 0.29) is 30.0 Å². The van der Waals surface area contributed by atoms with Crippen LogP contribution in [0.15, 0.2) is 23.5 Å². The van der Waals surface area contributed by atoms with Gasteiger partial charge in [0, 0.05) is 38.5 Å². The summed E-state index contributed by atoms with van der Waals surface area (Å²) in [5.41, 5.74) is 0. The maximum Gasteiger partial charge on any atom is 0.191 e. The summed E-state index contributed by atoms with van der Waals surface area (Å²) in [6, 6.07) is 2.20. The second kappa shape index (κ2) is 10.5. The Morgan fingerprint density at radius 1 is 1.46 bits per heavy atom. The monoisotopic (exact) mass is 474 g/mol. The van der Waals surface area contributed by atoms with Gasteiger partial charge in [-0.15, -0.1) is 24.0 Å². The third kappa shape index (κ3) is 5.66. The van der Waals surface area contributed by atoms with Crippen molar-refractivity contribution in [1.82, 2.24) is 35.2 Å². The van der Waals surface area contributed by atoms with E-state index in [9.17, 15) is 0 Å². The molecule has 0 fully saturated rings. The lowest BCUT2D eigenvalue weighted by atomic mass is 10.1. The summed E-state index contributed by atoms with van der Waals surface area (Å²) in [7, 11) is 1.66. The lowest BCUT2D eigenvalue weighted by Crippen LogP contribution is -2.47. The van der Waals surface area contributed by atoms with Gasteiger partial charge in [0.1, 0.15) is 12.4 Å². The lowest BCUT2D eigenvalue weighted by molar-refractivity contribution is 0.177. The molecule has 0 aromatic carbocycles. The number of nitrogens with one attached hydrogen (secondary N) is 2. The predicted molar refractivity (Wildman–Crippen MR) is 110 cm³/mol. The number of fused-ring (bicyclic) bond motifs is 1. The highest BCUT2D eigenvalue weighted by Crippen LogP contribution is 2.13. The van der Waals surface area contributed by atoms with E-state index >= 15 is 0 Å². The zero-order valence-corrected chi connectivity index (χ0v) is 17.6. The highest BCUT2D eigenvalue weighted by atomic mass is 127. The molecular formula is C16H27IN8O. The van der Waals surface area contributed by atoms with Crippen molar-refractivity contribution in [2.75, 3.05) is 20.2 Å². The lowest BCUT2D eigenvalue weighted by Gasteiger charge is -2.25. The predicted octanol–water partition coefficient (Wildman–Crippen LogP) is 0.809. The van der Waals surface area contributed by atoms with E-state index in [1.807, 2.05) is 21.6 Å². The van der Waals surface area contributed by atoms with Gasteiger partial charge in [-0.3, -0.25) is 9.67 Å². The van der Waals surface area contributed by atoms with Crippen LogP contribution in [0.4, 0.5) is 0 Å². The van der Waals surface area contributed by atoms with Gasteiger partial charge in [-0.05, 0) is 19.4 Å². The van der Waals surface area contributed by atoms with Crippen LogP contribution in [0.2, 0.25) is 0 Å². The molecule has 2 aromatic rings. The van der Waals surface area contributed by atoms with Crippen molar-refractivity contribution >= 4 is 29.9 Å². The van der Waals surface area contributed by atoms with Crippen LogP contribution in [-0.4, -0.2) is 56.7 Å². The van der Waals surface area contributed by atoms with Crippen molar-refractivity contribution in [3.05, 3.63) is 30.1 Å². The van der Waals surface area contributed by atoms with Gasteiger partial charge >= 0.3 is 0 Å². The number of hydrogen-bond acceptors (Lipinski definition) is 5. The number of aryl methyl sites for hydroxylation is 1. The van der Waals surface area contributed by atoms with Gasteiger partial charge in [0.25, 0.3) is 0 Å². The average molecular weight is 474 g/mol. The molecule has 1 unspecified atom stereocenters. The zero-order valence-electron chi connectivity index (χ0n) is 15.3. The van der Waals surface area contributed by atoms with E-state index in [0.717, 1.165) is 50.1 Å². The van der Waals surface area contributed by atoms with Crippen molar-refractivity contribution in [3.8, 4) is 0 Å². The molecule has 2 N–H and O–H groups in total. The van der Waals surface area contributed by atoms with Crippen molar-refractivity contribution in [2.24, 2.45) is 4.99 Å². The van der Waals surface area contributed by atoms with Crippen LogP contribution >= 0.6 is 24.0 Å². The SMILES string of the molecule is CCNC(=NCCn1cccn1)NC1CCc2nc(COC)nn2C1.I. The van der Waals surface area contributed by atoms with E-state index in [0.29, 0.717) is 13.2 Å². The molecule has 1 aliphatic heterocycles. The summed E-state index contributed by atoms with van der Waals surface area (Å²) in [5.74, 6) is 2.61. The molecule has 0 bridgehead atoms. The molecule has 144 valence electrons. The Kier molecular flexibility index (Phi) is 8.29. The highest BCUT2D eigenvalue weighted by Gasteiger charge is 2.22. The number of halogens is 1. The Labute approximate surface area is 170 Å². The maximum atomic E-state index is 5.11. The average Bonchev–Trinajstić information content (AvgIpc) is 3.24. The minimum absolute atomic E-state index is 0. The van der Waals surface area contributed by atoms with Crippen molar-refractivity contribution in [3.63, 3.8) is 0 Å². The summed E-state index contributed by atoms with van der Waals surface area (Å²) in [5, 5.41) is 15.5. The fourth-order valence-corrected chi connectivity index (χ4v) is 2.88. The van der Waals surface area contributed by atoms with Crippen LogP contribution in [0, 0.1) is 0 Å². The molecule has 3 rings (SSSR count). The number of rotatable bonds is 7. The minimum Gasteiger partial charge on any atom is -0.377 e. The second-order valence-electron chi connectivity index (χ2n) is 5.97. The molecule has 9 nitrogen and oxygen atoms in total. The van der Waals surface area contributed by atoms with Gasteiger partial charge in [-0.1, -0.05) is 0 Å².